The fraction of sp³-hybridized carbons (Fsp3) is 0.865. The van der Waals surface area contributed by atoms with Gasteiger partial charge in [0.25, 0.3) is 0 Å². The van der Waals surface area contributed by atoms with Crippen molar-refractivity contribution in [3.05, 3.63) is 36.5 Å². The summed E-state index contributed by atoms with van der Waals surface area (Å²) in [7, 11) is -5.16. The van der Waals surface area contributed by atoms with E-state index in [9.17, 15) is 50.0 Å². The first kappa shape index (κ1) is 62.5. The fourth-order valence-electron chi connectivity index (χ4n) is 8.39. The summed E-state index contributed by atoms with van der Waals surface area (Å²) >= 11 is 0. The Bertz CT molecular complexity index is 1270. The van der Waals surface area contributed by atoms with Crippen LogP contribution in [0.4, 0.5) is 0 Å². The third-order valence-corrected chi connectivity index (χ3v) is 13.7. The van der Waals surface area contributed by atoms with Crippen LogP contribution >= 0.6 is 7.82 Å². The van der Waals surface area contributed by atoms with Crippen molar-refractivity contribution in [1.29, 1.82) is 0 Å². The van der Waals surface area contributed by atoms with Crippen LogP contribution in [0.15, 0.2) is 36.5 Å². The maximum absolute atomic E-state index is 13.0. The molecule has 1 saturated carbocycles. The Morgan fingerprint density at radius 2 is 0.894 bits per heavy atom. The molecule has 1 amide bonds. The number of nitrogens with one attached hydrogen (secondary N) is 1. The lowest BCUT2D eigenvalue weighted by atomic mass is 9.85. The topological polar surface area (TPSA) is 226 Å². The summed E-state index contributed by atoms with van der Waals surface area (Å²) in [6, 6.07) is -1.26. The van der Waals surface area contributed by atoms with Crippen LogP contribution in [0, 0.1) is 0 Å². The minimum atomic E-state index is -5.16. The SMILES string of the molecule is CCCCCCCCCCC/C=C/CC/C=C/CC/C=C/C(O)C(COP(=O)(O)OC1C(O)C(O)C(O)C(O)C1O)NC(=O)CC(O)CCCCCCCCCCCCCCCCCCC. The van der Waals surface area contributed by atoms with Gasteiger partial charge < -0.3 is 46.0 Å². The molecule has 1 fully saturated rings. The predicted molar refractivity (Wildman–Crippen MR) is 266 cm³/mol. The molecule has 9 N–H and O–H groups in total. The van der Waals surface area contributed by atoms with Crippen LogP contribution in [0.2, 0.25) is 0 Å². The molecule has 0 saturated heterocycles. The minimum absolute atomic E-state index is 0.253. The molecule has 0 bridgehead atoms. The van der Waals surface area contributed by atoms with Crippen LogP contribution in [0.3, 0.4) is 0 Å². The number of amides is 1. The zero-order valence-corrected chi connectivity index (χ0v) is 42.3. The standard InChI is InChI=1S/C52H98NO12P/c1-3-5-7-9-11-13-15-17-19-21-22-24-26-28-30-32-34-36-38-40-45(55)44(42-64-66(62,63)65-52-50(60)48(58)47(57)49(59)51(52)61)53-46(56)41-43(54)39-37-35-33-31-29-27-25-23-20-18-16-14-12-10-8-6-4-2/h22,24,30,32,38,40,43-45,47-52,54-55,57-61H,3-21,23,25-29,31,33-37,39,41-42H2,1-2H3,(H,53,56)(H,62,63)/b24-22+,32-30+,40-38+. The van der Waals surface area contributed by atoms with Crippen molar-refractivity contribution in [3.63, 3.8) is 0 Å². The average Bonchev–Trinajstić information content (AvgIpc) is 3.29. The van der Waals surface area contributed by atoms with Gasteiger partial charge in [0.2, 0.25) is 5.91 Å². The number of carbonyl (C=O) groups excluding carboxylic acids is 1. The van der Waals surface area contributed by atoms with Crippen molar-refractivity contribution in [2.24, 2.45) is 0 Å². The second-order valence-electron chi connectivity index (χ2n) is 18.9. The largest absolute Gasteiger partial charge is 0.472 e. The molecule has 66 heavy (non-hydrogen) atoms. The van der Waals surface area contributed by atoms with Gasteiger partial charge >= 0.3 is 7.82 Å². The van der Waals surface area contributed by atoms with Crippen LogP contribution in [-0.4, -0.2) is 108 Å². The highest BCUT2D eigenvalue weighted by Crippen LogP contribution is 2.47. The molecule has 0 heterocycles. The van der Waals surface area contributed by atoms with Crippen molar-refractivity contribution in [1.82, 2.24) is 5.32 Å². The highest BCUT2D eigenvalue weighted by molar-refractivity contribution is 7.47. The molecule has 388 valence electrons. The molecule has 0 aromatic heterocycles. The van der Waals surface area contributed by atoms with E-state index in [4.69, 9.17) is 9.05 Å². The van der Waals surface area contributed by atoms with E-state index in [0.717, 1.165) is 44.9 Å². The van der Waals surface area contributed by atoms with Crippen molar-refractivity contribution in [3.8, 4) is 0 Å². The summed E-state index contributed by atoms with van der Waals surface area (Å²) in [5, 5.41) is 74.7. The van der Waals surface area contributed by atoms with Crippen LogP contribution in [0.1, 0.15) is 226 Å². The molecular weight excluding hydrogens is 862 g/mol. The van der Waals surface area contributed by atoms with Crippen LogP contribution in [0.25, 0.3) is 0 Å². The number of hydrogen-bond donors (Lipinski definition) is 9. The number of unbranched alkanes of at least 4 members (excludes halogenated alkanes) is 27. The average molecular weight is 960 g/mol. The van der Waals surface area contributed by atoms with Gasteiger partial charge in [-0.2, -0.15) is 0 Å². The molecule has 0 aliphatic heterocycles. The molecule has 0 aromatic carbocycles. The molecule has 1 aliphatic carbocycles. The van der Waals surface area contributed by atoms with Gasteiger partial charge in [-0.05, 0) is 44.9 Å². The second-order valence-corrected chi connectivity index (χ2v) is 20.3. The Kier molecular flexibility index (Phi) is 39.1. The smallest absolute Gasteiger partial charge is 0.393 e. The molecule has 8 unspecified atom stereocenters. The Morgan fingerprint density at radius 3 is 1.33 bits per heavy atom. The monoisotopic (exact) mass is 960 g/mol. The highest BCUT2D eigenvalue weighted by Gasteiger charge is 2.51. The molecule has 1 aliphatic rings. The van der Waals surface area contributed by atoms with E-state index in [0.29, 0.717) is 19.3 Å². The normalized spacial score (nSPS) is 22.6. The lowest BCUT2D eigenvalue weighted by molar-refractivity contribution is -0.220. The number of hydrogen-bond acceptors (Lipinski definition) is 11. The Morgan fingerprint density at radius 1 is 0.530 bits per heavy atom. The van der Waals surface area contributed by atoms with Gasteiger partial charge in [0.15, 0.2) is 0 Å². The first-order valence-corrected chi connectivity index (χ1v) is 28.0. The van der Waals surface area contributed by atoms with Gasteiger partial charge in [-0.25, -0.2) is 4.57 Å². The maximum Gasteiger partial charge on any atom is 0.472 e. The van der Waals surface area contributed by atoms with Gasteiger partial charge in [-0.3, -0.25) is 13.8 Å². The number of phosphoric ester groups is 1. The number of carbonyl (C=O) groups is 1. The van der Waals surface area contributed by atoms with Crippen LogP contribution in [-0.2, 0) is 18.4 Å². The summed E-state index contributed by atoms with van der Waals surface area (Å²) < 4.78 is 22.9. The van der Waals surface area contributed by atoms with Gasteiger partial charge in [0.1, 0.15) is 36.6 Å². The lowest BCUT2D eigenvalue weighted by Gasteiger charge is -2.41. The third kappa shape index (κ3) is 32.4. The van der Waals surface area contributed by atoms with Crippen molar-refractivity contribution in [2.45, 2.75) is 281 Å². The van der Waals surface area contributed by atoms with E-state index in [2.05, 4.69) is 43.5 Å². The summed E-state index contributed by atoms with van der Waals surface area (Å²) in [4.78, 5) is 23.5. The zero-order valence-electron chi connectivity index (χ0n) is 41.4. The zero-order chi connectivity index (χ0) is 48.7. The first-order chi connectivity index (χ1) is 31.8. The van der Waals surface area contributed by atoms with E-state index >= 15 is 0 Å². The number of allylic oxidation sites excluding steroid dienone is 5. The van der Waals surface area contributed by atoms with E-state index in [-0.39, 0.29) is 6.42 Å². The number of aliphatic hydroxyl groups excluding tert-OH is 7. The molecule has 0 aromatic rings. The maximum atomic E-state index is 13.0. The van der Waals surface area contributed by atoms with Crippen molar-refractivity contribution >= 4 is 13.7 Å². The Labute approximate surface area is 400 Å². The van der Waals surface area contributed by atoms with Gasteiger partial charge in [-0.1, -0.05) is 211 Å². The highest BCUT2D eigenvalue weighted by atomic mass is 31.2. The quantitative estimate of drug-likeness (QED) is 0.0158. The lowest BCUT2D eigenvalue weighted by Crippen LogP contribution is -2.64. The van der Waals surface area contributed by atoms with Gasteiger partial charge in [0, 0.05) is 0 Å². The molecule has 13 nitrogen and oxygen atoms in total. The number of phosphoric acid groups is 1. The fourth-order valence-corrected chi connectivity index (χ4v) is 9.36. The minimum Gasteiger partial charge on any atom is -0.393 e. The molecule has 8 atom stereocenters. The van der Waals surface area contributed by atoms with E-state index < -0.39 is 75.2 Å². The van der Waals surface area contributed by atoms with E-state index in [1.54, 1.807) is 6.08 Å². The molecule has 1 rings (SSSR count). The van der Waals surface area contributed by atoms with Gasteiger partial charge in [0.05, 0.1) is 31.3 Å². The van der Waals surface area contributed by atoms with E-state index in [1.807, 2.05) is 0 Å². The summed E-state index contributed by atoms with van der Waals surface area (Å²) in [5.41, 5.74) is 0. The van der Waals surface area contributed by atoms with Crippen molar-refractivity contribution < 1.29 is 59.0 Å². The second kappa shape index (κ2) is 41.3. The Hall–Kier alpha value is -1.48. The molecule has 0 radical (unpaired) electrons. The third-order valence-electron chi connectivity index (χ3n) is 12.7. The van der Waals surface area contributed by atoms with Crippen LogP contribution in [0.5, 0.6) is 0 Å². The number of aliphatic hydroxyl groups is 7. The van der Waals surface area contributed by atoms with Gasteiger partial charge in [-0.15, -0.1) is 0 Å². The first-order valence-electron chi connectivity index (χ1n) is 26.5. The molecule has 14 heteroatoms. The molecular formula is C52H98NO12P. The Balaban J connectivity index is 2.51. The summed E-state index contributed by atoms with van der Waals surface area (Å²) in [5.74, 6) is -0.604. The summed E-state index contributed by atoms with van der Waals surface area (Å²) in [6.45, 7) is 3.75. The molecule has 0 spiro atoms. The number of rotatable bonds is 44. The predicted octanol–water partition coefficient (Wildman–Crippen LogP) is 10.1. The summed E-state index contributed by atoms with van der Waals surface area (Å²) in [6.07, 6.45) is 35.1. The van der Waals surface area contributed by atoms with Crippen LogP contribution < -0.4 is 5.32 Å². The van der Waals surface area contributed by atoms with E-state index in [1.165, 1.54) is 147 Å². The van der Waals surface area contributed by atoms with Crippen molar-refractivity contribution in [2.75, 3.05) is 6.61 Å².